The molecule has 0 bridgehead atoms. The number of ether oxygens (including phenoxy) is 5. The fourth-order valence-corrected chi connectivity index (χ4v) is 3.93. The van der Waals surface area contributed by atoms with Gasteiger partial charge in [0.15, 0.2) is 11.5 Å². The molecule has 2 aromatic rings. The zero-order valence-electron chi connectivity index (χ0n) is 22.7. The monoisotopic (exact) mass is 535 g/mol. The van der Waals surface area contributed by atoms with Crippen LogP contribution in [0.4, 0.5) is 4.79 Å². The molecule has 0 saturated carbocycles. The van der Waals surface area contributed by atoms with E-state index in [-0.39, 0.29) is 6.61 Å². The third kappa shape index (κ3) is 9.36. The van der Waals surface area contributed by atoms with Gasteiger partial charge in [-0.2, -0.15) is 0 Å². The quantitative estimate of drug-likeness (QED) is 0.430. The number of methoxy groups -OCH3 is 2. The minimum absolute atomic E-state index is 0.0468. The Morgan fingerprint density at radius 1 is 0.919 bits per heavy atom. The number of rotatable bonds is 10. The first kappa shape index (κ1) is 30.1. The zero-order chi connectivity index (χ0) is 27.8. The highest BCUT2D eigenvalue weighted by molar-refractivity contribution is 7.84. The van der Waals surface area contributed by atoms with Gasteiger partial charge in [-0.25, -0.2) is 18.5 Å². The van der Waals surface area contributed by atoms with Crippen LogP contribution in [0.2, 0.25) is 0 Å². The van der Waals surface area contributed by atoms with E-state index in [1.807, 2.05) is 18.2 Å². The lowest BCUT2D eigenvalue weighted by molar-refractivity contribution is -0.159. The highest BCUT2D eigenvalue weighted by Crippen LogP contribution is 2.33. The summed E-state index contributed by atoms with van der Waals surface area (Å²) in [5.74, 6) is -0.00636. The van der Waals surface area contributed by atoms with Gasteiger partial charge in [0.1, 0.15) is 12.2 Å². The molecule has 0 aliphatic carbocycles. The Kier molecular flexibility index (Phi) is 10.5. The maximum atomic E-state index is 13.4. The lowest BCUT2D eigenvalue weighted by Crippen LogP contribution is -2.46. The van der Waals surface area contributed by atoms with Crippen molar-refractivity contribution in [3.8, 4) is 11.5 Å². The smallest absolute Gasteiger partial charge is 0.493 e. The molecule has 2 rings (SSSR count). The van der Waals surface area contributed by atoms with E-state index in [0.29, 0.717) is 17.1 Å². The maximum absolute atomic E-state index is 13.4. The first-order valence-corrected chi connectivity index (χ1v) is 12.9. The lowest BCUT2D eigenvalue weighted by atomic mass is 10.0. The van der Waals surface area contributed by atoms with Gasteiger partial charge in [-0.3, -0.25) is 0 Å². The Balaban J connectivity index is 2.52. The van der Waals surface area contributed by atoms with Crippen molar-refractivity contribution in [2.24, 2.45) is 0 Å². The molecular formula is C27H37NO8S. The molecule has 0 radical (unpaired) electrons. The summed E-state index contributed by atoms with van der Waals surface area (Å²) in [6.07, 6.45) is -2.61. The number of carbonyl (C=O) groups excluding carboxylic acids is 2. The van der Waals surface area contributed by atoms with Gasteiger partial charge < -0.3 is 23.7 Å². The van der Waals surface area contributed by atoms with Crippen molar-refractivity contribution in [1.82, 2.24) is 4.72 Å². The average molecular weight is 536 g/mol. The van der Waals surface area contributed by atoms with Crippen molar-refractivity contribution < 1.29 is 37.5 Å². The van der Waals surface area contributed by atoms with Crippen LogP contribution in [0, 0.1) is 0 Å². The molecule has 3 atom stereocenters. The second kappa shape index (κ2) is 12.9. The Morgan fingerprint density at radius 2 is 1.54 bits per heavy atom. The summed E-state index contributed by atoms with van der Waals surface area (Å²) in [5.41, 5.74) is 0.344. The minimum Gasteiger partial charge on any atom is -0.493 e. The van der Waals surface area contributed by atoms with Gasteiger partial charge in [0.25, 0.3) is 0 Å². The van der Waals surface area contributed by atoms with Crippen LogP contribution in [0.15, 0.2) is 48.5 Å². The largest absolute Gasteiger partial charge is 0.509 e. The number of nitrogens with one attached hydrogen (secondary N) is 1. The van der Waals surface area contributed by atoms with Crippen LogP contribution in [-0.2, 0) is 36.6 Å². The Labute approximate surface area is 221 Å². The molecule has 0 amide bonds. The van der Waals surface area contributed by atoms with Gasteiger partial charge in [-0.1, -0.05) is 36.4 Å². The van der Waals surface area contributed by atoms with Crippen molar-refractivity contribution in [3.05, 3.63) is 59.7 Å². The molecule has 0 saturated heterocycles. The second-order valence-electron chi connectivity index (χ2n) is 10.2. The van der Waals surface area contributed by atoms with Gasteiger partial charge in [-0.05, 0) is 64.8 Å². The fraction of sp³-hybridized carbons (Fsp3) is 0.481. The molecule has 0 aromatic heterocycles. The van der Waals surface area contributed by atoms with E-state index in [9.17, 15) is 13.8 Å². The standard InChI is InChI=1S/C27H37NO8S/c1-26(2,3)36-25(30)35-23(24(29)34-17-18-12-10-9-11-13-18)22(28-37(31)27(4,5)6)19-14-15-20(32-7)21(16-19)33-8/h9-16,22-23,28H,17H2,1-8H3/t22-,23+,37+/m0/s1. The molecule has 37 heavy (non-hydrogen) atoms. The molecule has 0 spiro atoms. The molecule has 0 unspecified atom stereocenters. The summed E-state index contributed by atoms with van der Waals surface area (Å²) in [6, 6.07) is 12.9. The number of esters is 1. The predicted octanol–water partition coefficient (Wildman–Crippen LogP) is 4.86. The maximum Gasteiger partial charge on any atom is 0.509 e. The van der Waals surface area contributed by atoms with Gasteiger partial charge in [0, 0.05) is 0 Å². The van der Waals surface area contributed by atoms with Crippen molar-refractivity contribution in [3.63, 3.8) is 0 Å². The average Bonchev–Trinajstić information content (AvgIpc) is 2.83. The van der Waals surface area contributed by atoms with Gasteiger partial charge in [0.2, 0.25) is 6.10 Å². The van der Waals surface area contributed by atoms with Crippen LogP contribution in [-0.4, -0.2) is 47.0 Å². The van der Waals surface area contributed by atoms with Crippen LogP contribution in [0.25, 0.3) is 0 Å². The lowest BCUT2D eigenvalue weighted by Gasteiger charge is -2.30. The molecule has 0 heterocycles. The molecule has 0 aliphatic rings. The van der Waals surface area contributed by atoms with Crippen molar-refractivity contribution in [2.75, 3.05) is 14.2 Å². The van der Waals surface area contributed by atoms with Crippen LogP contribution in [0.5, 0.6) is 11.5 Å². The number of benzene rings is 2. The summed E-state index contributed by atoms with van der Waals surface area (Å²) in [5, 5.41) is 0. The number of hydrogen-bond acceptors (Lipinski definition) is 8. The Morgan fingerprint density at radius 3 is 2.08 bits per heavy atom. The molecule has 1 N–H and O–H groups in total. The van der Waals surface area contributed by atoms with Gasteiger partial charge >= 0.3 is 12.1 Å². The van der Waals surface area contributed by atoms with Gasteiger partial charge in [0.05, 0.1) is 36.0 Å². The van der Waals surface area contributed by atoms with E-state index < -0.39 is 45.6 Å². The normalized spacial score (nSPS) is 14.2. The third-order valence-electron chi connectivity index (χ3n) is 4.93. The van der Waals surface area contributed by atoms with E-state index in [1.165, 1.54) is 14.2 Å². The van der Waals surface area contributed by atoms with E-state index in [2.05, 4.69) is 4.72 Å². The zero-order valence-corrected chi connectivity index (χ0v) is 23.5. The molecular weight excluding hydrogens is 498 g/mol. The summed E-state index contributed by atoms with van der Waals surface area (Å²) in [4.78, 5) is 26.1. The predicted molar refractivity (Wildman–Crippen MR) is 141 cm³/mol. The first-order valence-electron chi connectivity index (χ1n) is 11.8. The molecule has 9 nitrogen and oxygen atoms in total. The van der Waals surface area contributed by atoms with Crippen LogP contribution < -0.4 is 14.2 Å². The minimum atomic E-state index is -1.66. The first-order chi connectivity index (χ1) is 17.2. The van der Waals surface area contributed by atoms with E-state index in [1.54, 1.807) is 71.9 Å². The van der Waals surface area contributed by atoms with E-state index in [0.717, 1.165) is 5.56 Å². The van der Waals surface area contributed by atoms with Crippen molar-refractivity contribution in [1.29, 1.82) is 0 Å². The molecule has 204 valence electrons. The highest BCUT2D eigenvalue weighted by Gasteiger charge is 2.39. The van der Waals surface area contributed by atoms with E-state index >= 15 is 0 Å². The summed E-state index contributed by atoms with van der Waals surface area (Å²) in [7, 11) is 1.31. The highest BCUT2D eigenvalue weighted by atomic mass is 32.2. The molecule has 0 fully saturated rings. The summed E-state index contributed by atoms with van der Waals surface area (Å²) >= 11 is 0. The fourth-order valence-electron chi connectivity index (χ4n) is 3.08. The summed E-state index contributed by atoms with van der Waals surface area (Å²) < 4.78 is 42.5. The van der Waals surface area contributed by atoms with Crippen molar-refractivity contribution in [2.45, 2.75) is 70.6 Å². The topological polar surface area (TPSA) is 109 Å². The molecule has 10 heteroatoms. The number of carbonyl (C=O) groups is 2. The second-order valence-corrected chi connectivity index (χ2v) is 12.2. The SMILES string of the molecule is COc1ccc([C@H](N[S@](=O)C(C)(C)C)[C@@H](OC(=O)OC(C)(C)C)C(=O)OCc2ccccc2)cc1OC. The van der Waals surface area contributed by atoms with E-state index in [4.69, 9.17) is 23.7 Å². The third-order valence-corrected chi connectivity index (χ3v) is 6.51. The van der Waals surface area contributed by atoms with Crippen molar-refractivity contribution >= 4 is 23.1 Å². The Bertz CT molecular complexity index is 1080. The molecule has 0 aliphatic heterocycles. The van der Waals surface area contributed by atoms with Crippen LogP contribution >= 0.6 is 0 Å². The van der Waals surface area contributed by atoms with Gasteiger partial charge in [-0.15, -0.1) is 0 Å². The van der Waals surface area contributed by atoms with Crippen LogP contribution in [0.1, 0.15) is 58.7 Å². The van der Waals surface area contributed by atoms with Crippen LogP contribution in [0.3, 0.4) is 0 Å². The summed E-state index contributed by atoms with van der Waals surface area (Å²) in [6.45, 7) is 10.3. The Hall–Kier alpha value is -3.11. The number of hydrogen-bond donors (Lipinski definition) is 1. The molecule has 2 aromatic carbocycles.